The van der Waals surface area contributed by atoms with E-state index < -0.39 is 0 Å². The van der Waals surface area contributed by atoms with Gasteiger partial charge < -0.3 is 10.1 Å². The van der Waals surface area contributed by atoms with Crippen molar-refractivity contribution in [1.82, 2.24) is 15.3 Å². The maximum atomic E-state index is 10.6. The molecule has 0 aliphatic carbocycles. The Morgan fingerprint density at radius 1 is 1.47 bits per heavy atom. The van der Waals surface area contributed by atoms with Crippen LogP contribution in [0.25, 0.3) is 6.08 Å². The Balaban J connectivity index is 2.35. The van der Waals surface area contributed by atoms with Gasteiger partial charge in [-0.25, -0.2) is 9.97 Å². The summed E-state index contributed by atoms with van der Waals surface area (Å²) in [5.41, 5.74) is 0.913. The fourth-order valence-corrected chi connectivity index (χ4v) is 1.17. The van der Waals surface area contributed by atoms with Crippen LogP contribution in [0.5, 0.6) is 6.01 Å². The summed E-state index contributed by atoms with van der Waals surface area (Å²) in [4.78, 5) is 18.7. The first-order chi connectivity index (χ1) is 8.22. The second-order valence-corrected chi connectivity index (χ2v) is 3.41. The number of aromatic nitrogens is 2. The fourth-order valence-electron chi connectivity index (χ4n) is 1.17. The van der Waals surface area contributed by atoms with Gasteiger partial charge in [-0.15, -0.1) is 0 Å². The van der Waals surface area contributed by atoms with Crippen molar-refractivity contribution >= 4 is 12.0 Å². The van der Waals surface area contributed by atoms with Crippen molar-refractivity contribution < 1.29 is 9.53 Å². The highest BCUT2D eigenvalue weighted by Crippen LogP contribution is 2.04. The number of hydrogen-bond acceptors (Lipinski definition) is 4. The van der Waals surface area contributed by atoms with Gasteiger partial charge >= 0.3 is 6.01 Å². The molecular weight excluding hydrogens is 218 g/mol. The van der Waals surface area contributed by atoms with Crippen LogP contribution >= 0.6 is 0 Å². The van der Waals surface area contributed by atoms with E-state index in [1.165, 1.54) is 6.92 Å². The molecule has 0 bridgehead atoms. The van der Waals surface area contributed by atoms with Crippen molar-refractivity contribution in [1.29, 1.82) is 0 Å². The molecule has 1 N–H and O–H groups in total. The van der Waals surface area contributed by atoms with Crippen LogP contribution in [0.1, 0.15) is 25.8 Å². The number of nitrogens with zero attached hydrogens (tertiary/aromatic N) is 2. The van der Waals surface area contributed by atoms with Crippen molar-refractivity contribution in [2.45, 2.75) is 20.3 Å². The molecule has 1 aromatic heterocycles. The van der Waals surface area contributed by atoms with E-state index in [9.17, 15) is 4.79 Å². The number of carbonyl (C=O) groups excluding carboxylic acids is 1. The number of ether oxygens (including phenoxy) is 1. The minimum absolute atomic E-state index is 0.0113. The Kier molecular flexibility index (Phi) is 5.71. The Hall–Kier alpha value is -1.91. The van der Waals surface area contributed by atoms with Crippen LogP contribution in [0.4, 0.5) is 0 Å². The van der Waals surface area contributed by atoms with E-state index in [1.807, 2.05) is 19.1 Å². The second-order valence-electron chi connectivity index (χ2n) is 3.41. The summed E-state index contributed by atoms with van der Waals surface area (Å²) < 4.78 is 5.14. The molecule has 0 unspecified atom stereocenters. The van der Waals surface area contributed by atoms with Crippen molar-refractivity contribution in [3.05, 3.63) is 24.0 Å². The van der Waals surface area contributed by atoms with Crippen molar-refractivity contribution in [3.63, 3.8) is 0 Å². The average Bonchev–Trinajstić information content (AvgIpc) is 2.31. The summed E-state index contributed by atoms with van der Waals surface area (Å²) in [6.45, 7) is 4.60. The SMILES string of the molecule is CCOc1ncc(C=CCCNC(C)=O)cn1. The molecule has 5 nitrogen and oxygen atoms in total. The molecule has 0 saturated heterocycles. The van der Waals surface area contributed by atoms with E-state index in [1.54, 1.807) is 12.4 Å². The molecule has 1 rings (SSSR count). The zero-order valence-electron chi connectivity index (χ0n) is 10.1. The van der Waals surface area contributed by atoms with Gasteiger partial charge in [-0.1, -0.05) is 12.2 Å². The van der Waals surface area contributed by atoms with Gasteiger partial charge in [0.2, 0.25) is 5.91 Å². The molecule has 0 fully saturated rings. The number of nitrogens with one attached hydrogen (secondary N) is 1. The first-order valence-corrected chi connectivity index (χ1v) is 5.58. The molecule has 0 aromatic carbocycles. The summed E-state index contributed by atoms with van der Waals surface area (Å²) in [6, 6.07) is 0.392. The average molecular weight is 235 g/mol. The van der Waals surface area contributed by atoms with Gasteiger partial charge in [0, 0.05) is 31.4 Å². The van der Waals surface area contributed by atoms with E-state index in [0.29, 0.717) is 19.2 Å². The van der Waals surface area contributed by atoms with E-state index in [2.05, 4.69) is 15.3 Å². The lowest BCUT2D eigenvalue weighted by atomic mass is 10.3. The monoisotopic (exact) mass is 235 g/mol. The Bertz CT molecular complexity index is 374. The third kappa shape index (κ3) is 5.65. The topological polar surface area (TPSA) is 64.1 Å². The maximum Gasteiger partial charge on any atom is 0.316 e. The van der Waals surface area contributed by atoms with Crippen molar-refractivity contribution in [3.8, 4) is 6.01 Å². The largest absolute Gasteiger partial charge is 0.464 e. The highest BCUT2D eigenvalue weighted by Gasteiger charge is 1.94. The van der Waals surface area contributed by atoms with Crippen LogP contribution in [0, 0.1) is 0 Å². The minimum atomic E-state index is -0.0113. The minimum Gasteiger partial charge on any atom is -0.464 e. The molecule has 0 aliphatic rings. The Morgan fingerprint density at radius 3 is 2.76 bits per heavy atom. The van der Waals surface area contributed by atoms with Crippen LogP contribution in [-0.2, 0) is 4.79 Å². The van der Waals surface area contributed by atoms with Gasteiger partial charge in [-0.2, -0.15) is 0 Å². The molecule has 17 heavy (non-hydrogen) atoms. The number of carbonyl (C=O) groups is 1. The van der Waals surface area contributed by atoms with Gasteiger partial charge in [0.15, 0.2) is 0 Å². The molecule has 5 heteroatoms. The smallest absolute Gasteiger partial charge is 0.316 e. The van der Waals surface area contributed by atoms with Crippen LogP contribution in [0.3, 0.4) is 0 Å². The number of amides is 1. The van der Waals surface area contributed by atoms with E-state index in [0.717, 1.165) is 12.0 Å². The first-order valence-electron chi connectivity index (χ1n) is 5.58. The van der Waals surface area contributed by atoms with Crippen molar-refractivity contribution in [2.75, 3.05) is 13.2 Å². The molecular formula is C12H17N3O2. The van der Waals surface area contributed by atoms with Crippen LogP contribution in [-0.4, -0.2) is 29.0 Å². The molecule has 0 atom stereocenters. The summed E-state index contributed by atoms with van der Waals surface area (Å²) >= 11 is 0. The lowest BCUT2D eigenvalue weighted by Gasteiger charge is -1.99. The molecule has 1 amide bonds. The predicted octanol–water partition coefficient (Wildman–Crippen LogP) is 1.41. The van der Waals surface area contributed by atoms with Gasteiger partial charge in [0.05, 0.1) is 6.61 Å². The lowest BCUT2D eigenvalue weighted by molar-refractivity contribution is -0.118. The zero-order chi connectivity index (χ0) is 12.5. The summed E-state index contributed by atoms with van der Waals surface area (Å²) in [5, 5.41) is 2.72. The van der Waals surface area contributed by atoms with Gasteiger partial charge in [-0.3, -0.25) is 4.79 Å². The highest BCUT2D eigenvalue weighted by molar-refractivity contribution is 5.72. The number of hydrogen-bond donors (Lipinski definition) is 1. The normalized spacial score (nSPS) is 10.5. The molecule has 0 spiro atoms. The molecule has 0 aliphatic heterocycles. The quantitative estimate of drug-likeness (QED) is 0.757. The molecule has 0 radical (unpaired) electrons. The van der Waals surface area contributed by atoms with Crippen LogP contribution in [0.15, 0.2) is 18.5 Å². The van der Waals surface area contributed by atoms with E-state index in [4.69, 9.17) is 4.74 Å². The lowest BCUT2D eigenvalue weighted by Crippen LogP contribution is -2.20. The van der Waals surface area contributed by atoms with Gasteiger partial charge in [-0.05, 0) is 13.3 Å². The molecule has 92 valence electrons. The predicted molar refractivity (Wildman–Crippen MR) is 65.5 cm³/mol. The summed E-state index contributed by atoms with van der Waals surface area (Å²) in [6.07, 6.45) is 8.07. The third-order valence-corrected chi connectivity index (χ3v) is 1.92. The highest BCUT2D eigenvalue weighted by atomic mass is 16.5. The summed E-state index contributed by atoms with van der Waals surface area (Å²) in [7, 11) is 0. The standard InChI is InChI=1S/C12H17N3O2/c1-3-17-12-14-8-11(9-15-12)6-4-5-7-13-10(2)16/h4,6,8-9H,3,5,7H2,1-2H3,(H,13,16). The molecule has 1 heterocycles. The zero-order valence-corrected chi connectivity index (χ0v) is 10.1. The van der Waals surface area contributed by atoms with E-state index >= 15 is 0 Å². The third-order valence-electron chi connectivity index (χ3n) is 1.92. The molecule has 0 saturated carbocycles. The summed E-state index contributed by atoms with van der Waals surface area (Å²) in [5.74, 6) is -0.0113. The van der Waals surface area contributed by atoms with Gasteiger partial charge in [0.25, 0.3) is 0 Å². The van der Waals surface area contributed by atoms with Crippen LogP contribution in [0.2, 0.25) is 0 Å². The first kappa shape index (κ1) is 13.2. The fraction of sp³-hybridized carbons (Fsp3) is 0.417. The maximum absolute atomic E-state index is 10.6. The molecule has 1 aromatic rings. The number of rotatable bonds is 6. The Morgan fingerprint density at radius 2 is 2.18 bits per heavy atom. The Labute approximate surface area is 101 Å². The van der Waals surface area contributed by atoms with Crippen molar-refractivity contribution in [2.24, 2.45) is 0 Å². The van der Waals surface area contributed by atoms with E-state index in [-0.39, 0.29) is 5.91 Å². The van der Waals surface area contributed by atoms with Gasteiger partial charge in [0.1, 0.15) is 0 Å². The second kappa shape index (κ2) is 7.38. The van der Waals surface area contributed by atoms with Crippen LogP contribution < -0.4 is 10.1 Å².